The van der Waals surface area contributed by atoms with E-state index in [1.165, 1.54) is 6.42 Å². The van der Waals surface area contributed by atoms with Gasteiger partial charge in [0.25, 0.3) is 0 Å². The van der Waals surface area contributed by atoms with Crippen molar-refractivity contribution >= 4 is 0 Å². The van der Waals surface area contributed by atoms with Crippen LogP contribution in [0.5, 0.6) is 0 Å². The van der Waals surface area contributed by atoms with Crippen LogP contribution in [-0.2, 0) is 4.74 Å². The first-order valence-corrected chi connectivity index (χ1v) is 5.50. The summed E-state index contributed by atoms with van der Waals surface area (Å²) in [5.74, 6) is 2.35. The molecule has 0 aromatic rings. The van der Waals surface area contributed by atoms with E-state index in [4.69, 9.17) is 4.74 Å². The van der Waals surface area contributed by atoms with Crippen LogP contribution in [0.25, 0.3) is 0 Å². The molecule has 1 heteroatoms. The zero-order valence-corrected chi connectivity index (χ0v) is 9.76. The first kappa shape index (κ1) is 11.0. The molecule has 78 valence electrons. The summed E-state index contributed by atoms with van der Waals surface area (Å²) in [5.41, 5.74) is 0.443. The molecule has 1 fully saturated rings. The molecule has 1 nitrogen and oxygen atoms in total. The zero-order valence-electron chi connectivity index (χ0n) is 9.76. The van der Waals surface area contributed by atoms with E-state index >= 15 is 0 Å². The smallest absolute Gasteiger partial charge is 0.0499 e. The Morgan fingerprint density at radius 3 is 2.23 bits per heavy atom. The Labute approximate surface area is 82.9 Å². The van der Waals surface area contributed by atoms with Crippen molar-refractivity contribution < 1.29 is 4.74 Å². The molecule has 1 rings (SSSR count). The van der Waals surface area contributed by atoms with Crippen LogP contribution in [0.1, 0.15) is 41.0 Å². The third-order valence-corrected chi connectivity index (χ3v) is 3.37. The summed E-state index contributed by atoms with van der Waals surface area (Å²) < 4.78 is 5.57. The van der Waals surface area contributed by atoms with Crippen molar-refractivity contribution in [2.45, 2.75) is 41.0 Å². The highest BCUT2D eigenvalue weighted by atomic mass is 16.5. The van der Waals surface area contributed by atoms with Crippen LogP contribution in [0.2, 0.25) is 0 Å². The molecule has 0 N–H and O–H groups in total. The van der Waals surface area contributed by atoms with Gasteiger partial charge in [-0.25, -0.2) is 0 Å². The molecule has 0 bridgehead atoms. The highest BCUT2D eigenvalue weighted by molar-refractivity contribution is 4.84. The third kappa shape index (κ3) is 2.70. The second kappa shape index (κ2) is 4.00. The molecule has 0 aromatic heterocycles. The Morgan fingerprint density at radius 1 is 1.23 bits per heavy atom. The molecular formula is C12H24O. The van der Waals surface area contributed by atoms with Crippen LogP contribution in [0.3, 0.4) is 0 Å². The maximum absolute atomic E-state index is 5.57. The highest BCUT2D eigenvalue weighted by Gasteiger charge is 2.35. The third-order valence-electron chi connectivity index (χ3n) is 3.37. The van der Waals surface area contributed by atoms with Crippen molar-refractivity contribution in [2.75, 3.05) is 13.2 Å². The molecule has 13 heavy (non-hydrogen) atoms. The van der Waals surface area contributed by atoms with Crippen LogP contribution in [0.4, 0.5) is 0 Å². The molecule has 0 amide bonds. The van der Waals surface area contributed by atoms with Gasteiger partial charge < -0.3 is 4.74 Å². The largest absolute Gasteiger partial charge is 0.381 e. The highest BCUT2D eigenvalue weighted by Crippen LogP contribution is 2.40. The average Bonchev–Trinajstić information content (AvgIpc) is 2.03. The van der Waals surface area contributed by atoms with Gasteiger partial charge in [0.2, 0.25) is 0 Å². The summed E-state index contributed by atoms with van der Waals surface area (Å²) in [4.78, 5) is 0. The van der Waals surface area contributed by atoms with E-state index in [2.05, 4.69) is 34.6 Å². The normalized spacial score (nSPS) is 30.9. The van der Waals surface area contributed by atoms with E-state index in [9.17, 15) is 0 Å². The van der Waals surface area contributed by atoms with Gasteiger partial charge in [-0.1, -0.05) is 34.6 Å². The summed E-state index contributed by atoms with van der Waals surface area (Å²) >= 11 is 0. The predicted molar refractivity (Wildman–Crippen MR) is 56.7 cm³/mol. The van der Waals surface area contributed by atoms with Gasteiger partial charge in [-0.3, -0.25) is 0 Å². The molecule has 2 atom stereocenters. The summed E-state index contributed by atoms with van der Waals surface area (Å²) in [6.45, 7) is 13.6. The van der Waals surface area contributed by atoms with Crippen molar-refractivity contribution in [3.63, 3.8) is 0 Å². The quantitative estimate of drug-likeness (QED) is 0.607. The lowest BCUT2D eigenvalue weighted by molar-refractivity contribution is -0.0407. The number of hydrogen-bond acceptors (Lipinski definition) is 1. The number of rotatable bonds is 1. The Kier molecular flexibility index (Phi) is 3.39. The maximum Gasteiger partial charge on any atom is 0.0499 e. The molecule has 0 spiro atoms. The fourth-order valence-electron chi connectivity index (χ4n) is 2.49. The van der Waals surface area contributed by atoms with Gasteiger partial charge in [-0.2, -0.15) is 0 Å². The standard InChI is InChI=1S/C12H24O/c1-9(2)10-8-13-7-6-11(10)12(3,4)5/h9-11H,6-8H2,1-5H3. The molecule has 0 aromatic carbocycles. The summed E-state index contributed by atoms with van der Waals surface area (Å²) in [6.07, 6.45) is 1.24. The molecule has 1 aliphatic heterocycles. The van der Waals surface area contributed by atoms with Crippen LogP contribution in [-0.4, -0.2) is 13.2 Å². The molecule has 0 aliphatic carbocycles. The lowest BCUT2D eigenvalue weighted by Crippen LogP contribution is -2.38. The predicted octanol–water partition coefficient (Wildman–Crippen LogP) is 3.34. The van der Waals surface area contributed by atoms with Gasteiger partial charge in [0.05, 0.1) is 0 Å². The summed E-state index contributed by atoms with van der Waals surface area (Å²) in [6, 6.07) is 0. The van der Waals surface area contributed by atoms with Crippen LogP contribution >= 0.6 is 0 Å². The SMILES string of the molecule is CC(C)C1COCCC1C(C)(C)C. The zero-order chi connectivity index (χ0) is 10.1. The lowest BCUT2D eigenvalue weighted by atomic mass is 9.67. The second-order valence-electron chi connectivity index (χ2n) is 5.74. The molecule has 0 saturated carbocycles. The van der Waals surface area contributed by atoms with Gasteiger partial charge >= 0.3 is 0 Å². The second-order valence-corrected chi connectivity index (χ2v) is 5.74. The van der Waals surface area contributed by atoms with Gasteiger partial charge in [0.15, 0.2) is 0 Å². The van der Waals surface area contributed by atoms with Gasteiger partial charge in [0, 0.05) is 13.2 Å². The van der Waals surface area contributed by atoms with E-state index in [1.54, 1.807) is 0 Å². The molecule has 2 unspecified atom stereocenters. The van der Waals surface area contributed by atoms with Crippen molar-refractivity contribution in [3.8, 4) is 0 Å². The maximum atomic E-state index is 5.57. The average molecular weight is 184 g/mol. The Morgan fingerprint density at radius 2 is 1.85 bits per heavy atom. The van der Waals surface area contributed by atoms with E-state index in [1.807, 2.05) is 0 Å². The van der Waals surface area contributed by atoms with Crippen molar-refractivity contribution in [1.82, 2.24) is 0 Å². The number of hydrogen-bond donors (Lipinski definition) is 0. The minimum atomic E-state index is 0.443. The van der Waals surface area contributed by atoms with E-state index in [-0.39, 0.29) is 0 Å². The minimum Gasteiger partial charge on any atom is -0.381 e. The Bertz CT molecular complexity index is 155. The van der Waals surface area contributed by atoms with Crippen molar-refractivity contribution in [1.29, 1.82) is 0 Å². The Hall–Kier alpha value is -0.0400. The van der Waals surface area contributed by atoms with Gasteiger partial charge in [0.1, 0.15) is 0 Å². The van der Waals surface area contributed by atoms with E-state index in [0.29, 0.717) is 5.41 Å². The van der Waals surface area contributed by atoms with E-state index in [0.717, 1.165) is 31.0 Å². The van der Waals surface area contributed by atoms with Crippen molar-refractivity contribution in [3.05, 3.63) is 0 Å². The fourth-order valence-corrected chi connectivity index (χ4v) is 2.49. The monoisotopic (exact) mass is 184 g/mol. The fraction of sp³-hybridized carbons (Fsp3) is 1.00. The molecule has 1 heterocycles. The molecule has 1 saturated heterocycles. The topological polar surface area (TPSA) is 9.23 Å². The first-order valence-electron chi connectivity index (χ1n) is 5.50. The summed E-state index contributed by atoms with van der Waals surface area (Å²) in [5, 5.41) is 0. The molecule has 0 radical (unpaired) electrons. The van der Waals surface area contributed by atoms with Crippen molar-refractivity contribution in [2.24, 2.45) is 23.2 Å². The summed E-state index contributed by atoms with van der Waals surface area (Å²) in [7, 11) is 0. The lowest BCUT2D eigenvalue weighted by Gasteiger charge is -2.42. The van der Waals surface area contributed by atoms with E-state index < -0.39 is 0 Å². The first-order chi connectivity index (χ1) is 5.93. The number of ether oxygens (including phenoxy) is 1. The van der Waals surface area contributed by atoms with Crippen LogP contribution in [0.15, 0.2) is 0 Å². The molecular weight excluding hydrogens is 160 g/mol. The van der Waals surface area contributed by atoms with Crippen LogP contribution in [0, 0.1) is 23.2 Å². The minimum absolute atomic E-state index is 0.443. The Balaban J connectivity index is 2.67. The van der Waals surface area contributed by atoms with Gasteiger partial charge in [-0.05, 0) is 29.6 Å². The molecule has 1 aliphatic rings. The van der Waals surface area contributed by atoms with Gasteiger partial charge in [-0.15, -0.1) is 0 Å². The van der Waals surface area contributed by atoms with Crippen LogP contribution < -0.4 is 0 Å².